The summed E-state index contributed by atoms with van der Waals surface area (Å²) in [5.41, 5.74) is 6.51. The number of hydrogen-bond donors (Lipinski definition) is 2. The maximum absolute atomic E-state index is 12.2. The molecular weight excluding hydrogens is 420 g/mol. The van der Waals surface area contributed by atoms with Gasteiger partial charge in [-0.25, -0.2) is 4.98 Å². The quantitative estimate of drug-likeness (QED) is 0.598. The van der Waals surface area contributed by atoms with E-state index in [0.29, 0.717) is 29.1 Å². The van der Waals surface area contributed by atoms with Crippen LogP contribution in [0, 0.1) is 11.8 Å². The third-order valence-corrected chi connectivity index (χ3v) is 6.25. The number of likely N-dealkylation sites (tertiary alicyclic amines) is 1. The number of fused-ring (bicyclic) bond motifs is 1. The molecule has 8 heteroatoms. The van der Waals surface area contributed by atoms with Crippen molar-refractivity contribution in [3.63, 3.8) is 0 Å². The molecule has 3 N–H and O–H groups in total. The summed E-state index contributed by atoms with van der Waals surface area (Å²) in [6, 6.07) is 11.0. The van der Waals surface area contributed by atoms with Crippen LogP contribution in [0.25, 0.3) is 16.8 Å². The highest BCUT2D eigenvalue weighted by Crippen LogP contribution is 2.31. The number of benzene rings is 1. The van der Waals surface area contributed by atoms with E-state index in [0.717, 1.165) is 18.4 Å². The molecule has 0 spiro atoms. The van der Waals surface area contributed by atoms with Gasteiger partial charge in [0.05, 0.1) is 17.3 Å². The molecular formula is C25H24N4O4. The molecule has 1 aromatic carbocycles. The Labute approximate surface area is 191 Å². The van der Waals surface area contributed by atoms with Crippen molar-refractivity contribution in [2.75, 3.05) is 13.6 Å². The lowest BCUT2D eigenvalue weighted by atomic mass is 9.96. The van der Waals surface area contributed by atoms with E-state index in [-0.39, 0.29) is 18.3 Å². The van der Waals surface area contributed by atoms with Gasteiger partial charge in [-0.2, -0.15) is 0 Å². The number of amides is 2. The summed E-state index contributed by atoms with van der Waals surface area (Å²) >= 11 is 0. The number of nitrogens with zero attached hydrogens (tertiary/aromatic N) is 3. The zero-order valence-electron chi connectivity index (χ0n) is 18.2. The molecule has 2 aromatic heterocycles. The minimum absolute atomic E-state index is 0.126. The zero-order valence-corrected chi connectivity index (χ0v) is 18.2. The van der Waals surface area contributed by atoms with Crippen LogP contribution in [0.15, 0.2) is 42.6 Å². The van der Waals surface area contributed by atoms with Gasteiger partial charge in [0.1, 0.15) is 5.75 Å². The minimum atomic E-state index is -1.67. The van der Waals surface area contributed by atoms with Gasteiger partial charge in [0, 0.05) is 43.4 Å². The van der Waals surface area contributed by atoms with Crippen LogP contribution in [-0.2, 0) is 4.79 Å². The Morgan fingerprint density at radius 3 is 2.79 bits per heavy atom. The number of pyridine rings is 1. The third kappa shape index (κ3) is 3.81. The van der Waals surface area contributed by atoms with Crippen LogP contribution >= 0.6 is 0 Å². The van der Waals surface area contributed by atoms with E-state index in [2.05, 4.69) is 16.8 Å². The molecule has 1 saturated carbocycles. The van der Waals surface area contributed by atoms with E-state index in [1.54, 1.807) is 29.8 Å². The molecule has 0 radical (unpaired) electrons. The van der Waals surface area contributed by atoms with Crippen LogP contribution in [0.1, 0.15) is 41.9 Å². The summed E-state index contributed by atoms with van der Waals surface area (Å²) in [6.45, 7) is 0.464. The molecule has 8 nitrogen and oxygen atoms in total. The van der Waals surface area contributed by atoms with Gasteiger partial charge in [0.25, 0.3) is 11.8 Å². The number of hydrogen-bond acceptors (Lipinski definition) is 5. The van der Waals surface area contributed by atoms with Crippen molar-refractivity contribution in [3.05, 3.63) is 54.0 Å². The number of imidazole rings is 1. The molecule has 168 valence electrons. The van der Waals surface area contributed by atoms with Crippen molar-refractivity contribution >= 4 is 17.3 Å². The van der Waals surface area contributed by atoms with E-state index in [9.17, 15) is 14.7 Å². The van der Waals surface area contributed by atoms with Crippen molar-refractivity contribution in [1.82, 2.24) is 14.3 Å². The van der Waals surface area contributed by atoms with E-state index in [1.165, 1.54) is 11.3 Å². The predicted octanol–water partition coefficient (Wildman–Crippen LogP) is 1.98. The van der Waals surface area contributed by atoms with Crippen molar-refractivity contribution in [3.8, 4) is 28.8 Å². The average molecular weight is 444 g/mol. The lowest BCUT2D eigenvalue weighted by Gasteiger charge is -2.26. The summed E-state index contributed by atoms with van der Waals surface area (Å²) in [6.07, 6.45) is 5.47. The summed E-state index contributed by atoms with van der Waals surface area (Å²) in [4.78, 5) is 30.2. The summed E-state index contributed by atoms with van der Waals surface area (Å²) < 4.78 is 7.68. The van der Waals surface area contributed by atoms with Gasteiger partial charge in [-0.15, -0.1) is 0 Å². The largest absolute Gasteiger partial charge is 0.490 e. The molecule has 2 fully saturated rings. The number of carbonyl (C=O) groups excluding carboxylic acids is 2. The fourth-order valence-electron chi connectivity index (χ4n) is 4.10. The van der Waals surface area contributed by atoms with E-state index < -0.39 is 17.4 Å². The number of rotatable bonds is 4. The van der Waals surface area contributed by atoms with Gasteiger partial charge in [-0.3, -0.25) is 14.0 Å². The highest BCUT2D eigenvalue weighted by Gasteiger charge is 2.42. The van der Waals surface area contributed by atoms with Crippen LogP contribution in [0.5, 0.6) is 5.75 Å². The van der Waals surface area contributed by atoms with Crippen molar-refractivity contribution < 1.29 is 19.4 Å². The number of likely N-dealkylation sites (N-methyl/N-ethyl adjacent to an activating group) is 1. The number of ether oxygens (including phenoxy) is 1. The van der Waals surface area contributed by atoms with Crippen molar-refractivity contribution in [1.29, 1.82) is 0 Å². The third-order valence-electron chi connectivity index (χ3n) is 6.25. The molecule has 2 aliphatic rings. The number of aromatic nitrogens is 2. The van der Waals surface area contributed by atoms with Crippen LogP contribution in [0.4, 0.5) is 0 Å². The monoisotopic (exact) mass is 444 g/mol. The molecule has 1 aliphatic carbocycles. The Bertz CT molecular complexity index is 1330. The predicted molar refractivity (Wildman–Crippen MR) is 121 cm³/mol. The first-order valence-corrected chi connectivity index (χ1v) is 10.9. The molecule has 1 saturated heterocycles. The van der Waals surface area contributed by atoms with Crippen molar-refractivity contribution in [2.45, 2.75) is 37.4 Å². The highest BCUT2D eigenvalue weighted by molar-refractivity contribution is 5.94. The van der Waals surface area contributed by atoms with Crippen molar-refractivity contribution in [2.24, 2.45) is 5.73 Å². The van der Waals surface area contributed by atoms with Crippen LogP contribution < -0.4 is 10.5 Å². The Kier molecular flexibility index (Phi) is 5.06. The van der Waals surface area contributed by atoms with Crippen LogP contribution in [0.2, 0.25) is 0 Å². The Morgan fingerprint density at radius 2 is 2.12 bits per heavy atom. The maximum atomic E-state index is 12.2. The molecule has 1 aliphatic heterocycles. The van der Waals surface area contributed by atoms with Gasteiger partial charge in [0.15, 0.2) is 0 Å². The number of aliphatic hydroxyl groups is 1. The number of primary amides is 1. The summed E-state index contributed by atoms with van der Waals surface area (Å²) in [5, 5.41) is 10.6. The normalized spacial score (nSPS) is 20.4. The molecule has 3 heterocycles. The Hall–Kier alpha value is -3.83. The van der Waals surface area contributed by atoms with E-state index in [1.807, 2.05) is 24.3 Å². The molecule has 5 rings (SSSR count). The summed E-state index contributed by atoms with van der Waals surface area (Å²) in [7, 11) is 1.64. The first kappa shape index (κ1) is 21.0. The number of carbonyl (C=O) groups is 2. The number of nitrogens with two attached hydrogens (primary N) is 1. The van der Waals surface area contributed by atoms with Gasteiger partial charge < -0.3 is 20.5 Å². The average Bonchev–Trinajstić information content (AvgIpc) is 3.28. The fourth-order valence-corrected chi connectivity index (χ4v) is 4.10. The van der Waals surface area contributed by atoms with Gasteiger partial charge in [-0.05, 0) is 37.5 Å². The SMILES string of the molecule is CN1CCC(O)(C#Cc2cccc(-c3nc(C(N)=O)n4ccc(OC5CCC5)cc34)c2)C1=O. The Balaban J connectivity index is 1.54. The highest BCUT2D eigenvalue weighted by atomic mass is 16.5. The second-order valence-electron chi connectivity index (χ2n) is 8.60. The fraction of sp³-hybridized carbons (Fsp3) is 0.320. The molecule has 1 unspecified atom stereocenters. The molecule has 33 heavy (non-hydrogen) atoms. The van der Waals surface area contributed by atoms with Crippen LogP contribution in [0.3, 0.4) is 0 Å². The van der Waals surface area contributed by atoms with E-state index >= 15 is 0 Å². The first-order valence-electron chi connectivity index (χ1n) is 10.9. The lowest BCUT2D eigenvalue weighted by molar-refractivity contribution is -0.137. The second kappa shape index (κ2) is 7.94. The zero-order chi connectivity index (χ0) is 23.2. The van der Waals surface area contributed by atoms with Gasteiger partial charge in [-0.1, -0.05) is 24.0 Å². The van der Waals surface area contributed by atoms with Gasteiger partial charge in [0.2, 0.25) is 11.4 Å². The Morgan fingerprint density at radius 1 is 1.30 bits per heavy atom. The maximum Gasteiger partial charge on any atom is 0.285 e. The minimum Gasteiger partial charge on any atom is -0.490 e. The second-order valence-corrected chi connectivity index (χ2v) is 8.60. The first-order chi connectivity index (χ1) is 15.8. The van der Waals surface area contributed by atoms with Gasteiger partial charge >= 0.3 is 0 Å². The molecule has 1 atom stereocenters. The topological polar surface area (TPSA) is 110 Å². The smallest absolute Gasteiger partial charge is 0.285 e. The summed E-state index contributed by atoms with van der Waals surface area (Å²) in [5.74, 6) is 5.47. The molecule has 3 aromatic rings. The molecule has 2 amide bonds. The van der Waals surface area contributed by atoms with E-state index in [4.69, 9.17) is 10.5 Å². The standard InChI is InChI=1S/C25H24N4O4/c1-28-13-11-25(32,24(28)31)10-8-16-4-2-5-17(14-16)21-20-15-19(33-18-6-3-7-18)9-12-29(20)23(27-21)22(26)30/h2,4-5,9,12,14-15,18,32H,3,6-7,11,13H2,1H3,(H2,26,30). The lowest BCUT2D eigenvalue weighted by Crippen LogP contribution is -2.37. The molecule has 0 bridgehead atoms. The van der Waals surface area contributed by atoms with Crippen LogP contribution in [-0.4, -0.2) is 56.5 Å².